The lowest BCUT2D eigenvalue weighted by Crippen LogP contribution is -2.34. The number of aryl methyl sites for hydroxylation is 1. The van der Waals surface area contributed by atoms with E-state index < -0.39 is 6.10 Å². The van der Waals surface area contributed by atoms with Crippen LogP contribution in [0.2, 0.25) is 0 Å². The summed E-state index contributed by atoms with van der Waals surface area (Å²) in [4.78, 5) is 11.6. The molecule has 82 valence electrons. The van der Waals surface area contributed by atoms with Crippen molar-refractivity contribution in [2.75, 3.05) is 13.2 Å². The molecule has 1 aromatic rings. The summed E-state index contributed by atoms with van der Waals surface area (Å²) in [6.07, 6.45) is -0.905. The Labute approximate surface area is 88.6 Å². The van der Waals surface area contributed by atoms with Gasteiger partial charge >= 0.3 is 0 Å². The van der Waals surface area contributed by atoms with Crippen molar-refractivity contribution in [2.45, 2.75) is 13.0 Å². The Morgan fingerprint density at radius 3 is 2.73 bits per heavy atom. The molecule has 0 aliphatic rings. The molecule has 0 saturated heterocycles. The number of carbonyl (C=O) groups excluding carboxylic acids is 1. The molecule has 0 aromatic heterocycles. The number of hydrogen-bond donors (Lipinski definition) is 3. The van der Waals surface area contributed by atoms with E-state index in [1.807, 2.05) is 19.1 Å². The lowest BCUT2D eigenvalue weighted by atomic mass is 10.1. The molecule has 1 unspecified atom stereocenters. The number of rotatable bonds is 4. The molecule has 1 rings (SSSR count). The van der Waals surface area contributed by atoms with E-state index in [4.69, 9.17) is 10.2 Å². The highest BCUT2D eigenvalue weighted by Gasteiger charge is 2.09. The van der Waals surface area contributed by atoms with Crippen LogP contribution in [0.15, 0.2) is 24.3 Å². The molecule has 0 spiro atoms. The fourth-order valence-corrected chi connectivity index (χ4v) is 1.20. The van der Waals surface area contributed by atoms with E-state index in [-0.39, 0.29) is 19.1 Å². The number of carbonyl (C=O) groups is 1. The molecule has 0 fully saturated rings. The standard InChI is InChI=1S/C11H15NO3/c1-8-4-2-3-5-10(8)11(15)12-6-9(14)7-13/h2-5,9,13-14H,6-7H2,1H3,(H,12,15). The zero-order valence-electron chi connectivity index (χ0n) is 8.60. The van der Waals surface area contributed by atoms with E-state index in [9.17, 15) is 4.79 Å². The van der Waals surface area contributed by atoms with Crippen molar-refractivity contribution in [1.29, 1.82) is 0 Å². The van der Waals surface area contributed by atoms with Crippen LogP contribution >= 0.6 is 0 Å². The summed E-state index contributed by atoms with van der Waals surface area (Å²) in [7, 11) is 0. The van der Waals surface area contributed by atoms with Gasteiger partial charge in [-0.1, -0.05) is 18.2 Å². The minimum atomic E-state index is -0.905. The zero-order valence-corrected chi connectivity index (χ0v) is 8.60. The highest BCUT2D eigenvalue weighted by Crippen LogP contribution is 2.06. The van der Waals surface area contributed by atoms with Crippen molar-refractivity contribution in [1.82, 2.24) is 5.32 Å². The first-order valence-corrected chi connectivity index (χ1v) is 4.78. The van der Waals surface area contributed by atoms with Crippen LogP contribution in [0.4, 0.5) is 0 Å². The van der Waals surface area contributed by atoms with E-state index in [0.717, 1.165) is 5.56 Å². The summed E-state index contributed by atoms with van der Waals surface area (Å²) in [5.41, 5.74) is 1.47. The number of nitrogens with one attached hydrogen (secondary N) is 1. The van der Waals surface area contributed by atoms with E-state index in [0.29, 0.717) is 5.56 Å². The summed E-state index contributed by atoms with van der Waals surface area (Å²) in [5, 5.41) is 20.2. The second kappa shape index (κ2) is 5.48. The Balaban J connectivity index is 2.58. The summed E-state index contributed by atoms with van der Waals surface area (Å²) < 4.78 is 0. The molecule has 4 nitrogen and oxygen atoms in total. The van der Waals surface area contributed by atoms with Gasteiger partial charge in [0.1, 0.15) is 0 Å². The molecule has 1 amide bonds. The Bertz CT molecular complexity index is 338. The quantitative estimate of drug-likeness (QED) is 0.657. The molecule has 0 radical (unpaired) electrons. The second-order valence-electron chi connectivity index (χ2n) is 3.36. The smallest absolute Gasteiger partial charge is 0.251 e. The number of aliphatic hydroxyl groups excluding tert-OH is 2. The molecular formula is C11H15NO3. The van der Waals surface area contributed by atoms with E-state index in [1.54, 1.807) is 12.1 Å². The molecule has 0 aliphatic heterocycles. The summed E-state index contributed by atoms with van der Waals surface area (Å²) in [5.74, 6) is -0.236. The van der Waals surface area contributed by atoms with Crippen LogP contribution < -0.4 is 5.32 Å². The molecule has 3 N–H and O–H groups in total. The highest BCUT2D eigenvalue weighted by molar-refractivity contribution is 5.95. The van der Waals surface area contributed by atoms with Crippen molar-refractivity contribution in [3.8, 4) is 0 Å². The average molecular weight is 209 g/mol. The minimum Gasteiger partial charge on any atom is -0.394 e. The molecule has 0 aliphatic carbocycles. The molecule has 0 bridgehead atoms. The Morgan fingerprint density at radius 2 is 2.13 bits per heavy atom. The fraction of sp³-hybridized carbons (Fsp3) is 0.364. The maximum absolute atomic E-state index is 11.6. The second-order valence-corrected chi connectivity index (χ2v) is 3.36. The van der Waals surface area contributed by atoms with Gasteiger partial charge in [-0.3, -0.25) is 4.79 Å². The largest absolute Gasteiger partial charge is 0.394 e. The topological polar surface area (TPSA) is 69.6 Å². The first-order chi connectivity index (χ1) is 7.15. The van der Waals surface area contributed by atoms with E-state index in [1.165, 1.54) is 0 Å². The van der Waals surface area contributed by atoms with Crippen molar-refractivity contribution in [3.63, 3.8) is 0 Å². The predicted octanol–water partition coefficient (Wildman–Crippen LogP) is 0.0780. The fourth-order valence-electron chi connectivity index (χ4n) is 1.20. The van der Waals surface area contributed by atoms with E-state index in [2.05, 4.69) is 5.32 Å². The van der Waals surface area contributed by atoms with Crippen LogP contribution in [0.25, 0.3) is 0 Å². The van der Waals surface area contributed by atoms with Gasteiger partial charge in [0.05, 0.1) is 12.7 Å². The van der Waals surface area contributed by atoms with Crippen LogP contribution in [0, 0.1) is 6.92 Å². The SMILES string of the molecule is Cc1ccccc1C(=O)NCC(O)CO. The normalized spacial score (nSPS) is 12.2. The van der Waals surface area contributed by atoms with Crippen molar-refractivity contribution in [2.24, 2.45) is 0 Å². The molecular weight excluding hydrogens is 194 g/mol. The van der Waals surface area contributed by atoms with Crippen molar-refractivity contribution >= 4 is 5.91 Å². The number of amides is 1. The monoisotopic (exact) mass is 209 g/mol. The number of benzene rings is 1. The zero-order chi connectivity index (χ0) is 11.3. The van der Waals surface area contributed by atoms with Gasteiger partial charge in [-0.05, 0) is 18.6 Å². The van der Waals surface area contributed by atoms with E-state index >= 15 is 0 Å². The highest BCUT2D eigenvalue weighted by atomic mass is 16.3. The van der Waals surface area contributed by atoms with Gasteiger partial charge in [-0.25, -0.2) is 0 Å². The third kappa shape index (κ3) is 3.34. The first kappa shape index (κ1) is 11.7. The lowest BCUT2D eigenvalue weighted by molar-refractivity contribution is 0.0801. The summed E-state index contributed by atoms with van der Waals surface area (Å²) in [6, 6.07) is 7.20. The molecule has 1 aromatic carbocycles. The minimum absolute atomic E-state index is 0.0592. The Kier molecular flexibility index (Phi) is 4.27. The summed E-state index contributed by atoms with van der Waals surface area (Å²) in [6.45, 7) is 1.55. The van der Waals surface area contributed by atoms with Crippen molar-refractivity contribution < 1.29 is 15.0 Å². The molecule has 4 heteroatoms. The molecule has 0 saturated carbocycles. The molecule has 15 heavy (non-hydrogen) atoms. The van der Waals surface area contributed by atoms with Gasteiger partial charge in [0.25, 0.3) is 5.91 Å². The third-order valence-electron chi connectivity index (χ3n) is 2.10. The number of aliphatic hydroxyl groups is 2. The van der Waals surface area contributed by atoms with Crippen LogP contribution in [-0.4, -0.2) is 35.4 Å². The maximum atomic E-state index is 11.6. The molecule has 0 heterocycles. The lowest BCUT2D eigenvalue weighted by Gasteiger charge is -2.10. The van der Waals surface area contributed by atoms with Crippen molar-refractivity contribution in [3.05, 3.63) is 35.4 Å². The van der Waals surface area contributed by atoms with Crippen LogP contribution in [0.3, 0.4) is 0 Å². The Morgan fingerprint density at radius 1 is 1.47 bits per heavy atom. The third-order valence-corrected chi connectivity index (χ3v) is 2.10. The van der Waals surface area contributed by atoms with Crippen LogP contribution in [0.1, 0.15) is 15.9 Å². The molecule has 1 atom stereocenters. The van der Waals surface area contributed by atoms with Crippen LogP contribution in [-0.2, 0) is 0 Å². The predicted molar refractivity (Wildman–Crippen MR) is 56.6 cm³/mol. The van der Waals surface area contributed by atoms with Gasteiger partial charge in [0.2, 0.25) is 0 Å². The van der Waals surface area contributed by atoms with Crippen LogP contribution in [0.5, 0.6) is 0 Å². The summed E-state index contributed by atoms with van der Waals surface area (Å²) >= 11 is 0. The maximum Gasteiger partial charge on any atom is 0.251 e. The van der Waals surface area contributed by atoms with Gasteiger partial charge in [0, 0.05) is 12.1 Å². The number of hydrogen-bond acceptors (Lipinski definition) is 3. The van der Waals surface area contributed by atoms with Gasteiger partial charge in [0.15, 0.2) is 0 Å². The van der Waals surface area contributed by atoms with Gasteiger partial charge in [-0.15, -0.1) is 0 Å². The average Bonchev–Trinajstić information content (AvgIpc) is 2.26. The Hall–Kier alpha value is -1.39. The van der Waals surface area contributed by atoms with Gasteiger partial charge in [-0.2, -0.15) is 0 Å². The first-order valence-electron chi connectivity index (χ1n) is 4.78. The van der Waals surface area contributed by atoms with Gasteiger partial charge < -0.3 is 15.5 Å².